The molecule has 1 atom stereocenters. The summed E-state index contributed by atoms with van der Waals surface area (Å²) >= 11 is 0. The zero-order chi connectivity index (χ0) is 17.3. The molecule has 1 aromatic carbocycles. The van der Waals surface area contributed by atoms with Crippen molar-refractivity contribution in [1.29, 1.82) is 0 Å². The van der Waals surface area contributed by atoms with Gasteiger partial charge < -0.3 is 9.47 Å². The summed E-state index contributed by atoms with van der Waals surface area (Å²) in [5.41, 5.74) is 0.942. The minimum atomic E-state index is -3.54. The van der Waals surface area contributed by atoms with Crippen molar-refractivity contribution >= 4 is 10.0 Å². The van der Waals surface area contributed by atoms with Crippen molar-refractivity contribution in [3.8, 4) is 0 Å². The lowest BCUT2D eigenvalue weighted by Crippen LogP contribution is -2.37. The average Bonchev–Trinajstić information content (AvgIpc) is 2.85. The van der Waals surface area contributed by atoms with E-state index >= 15 is 0 Å². The maximum absolute atomic E-state index is 13.1. The van der Waals surface area contributed by atoms with E-state index in [1.807, 2.05) is 33.3 Å². The third-order valence-electron chi connectivity index (χ3n) is 4.29. The van der Waals surface area contributed by atoms with Crippen LogP contribution < -0.4 is 0 Å². The molecule has 6 nitrogen and oxygen atoms in total. The maximum atomic E-state index is 13.1. The van der Waals surface area contributed by atoms with Gasteiger partial charge in [0.2, 0.25) is 10.0 Å². The van der Waals surface area contributed by atoms with Crippen LogP contribution in [0.2, 0.25) is 0 Å². The summed E-state index contributed by atoms with van der Waals surface area (Å²) in [5.74, 6) is 1.02. The van der Waals surface area contributed by atoms with E-state index in [9.17, 15) is 8.42 Å². The molecule has 0 fully saturated rings. The Bertz CT molecular complexity index is 814. The Labute approximate surface area is 143 Å². The Morgan fingerprint density at radius 2 is 2.08 bits per heavy atom. The molecule has 0 spiro atoms. The minimum Gasteiger partial charge on any atom is -0.333 e. The lowest BCUT2D eigenvalue weighted by atomic mass is 10.1. The van der Waals surface area contributed by atoms with Crippen molar-refractivity contribution in [3.05, 3.63) is 48.0 Å². The number of aromatic nitrogens is 2. The van der Waals surface area contributed by atoms with Crippen LogP contribution >= 0.6 is 0 Å². The second kappa shape index (κ2) is 6.66. The van der Waals surface area contributed by atoms with Crippen LogP contribution in [-0.4, -0.2) is 54.4 Å². The minimum absolute atomic E-state index is 0.218. The van der Waals surface area contributed by atoms with Gasteiger partial charge in [0.15, 0.2) is 0 Å². The largest absolute Gasteiger partial charge is 0.333 e. The Balaban J connectivity index is 1.96. The molecule has 0 saturated heterocycles. The number of sulfonamides is 1. The number of hydrogen-bond acceptors (Lipinski definition) is 4. The van der Waals surface area contributed by atoms with Gasteiger partial charge in [-0.3, -0.25) is 0 Å². The van der Waals surface area contributed by atoms with E-state index in [1.165, 1.54) is 0 Å². The number of hydrogen-bond donors (Lipinski definition) is 0. The summed E-state index contributed by atoms with van der Waals surface area (Å²) < 4.78 is 29.9. The fourth-order valence-corrected chi connectivity index (χ4v) is 4.82. The highest BCUT2D eigenvalue weighted by Gasteiger charge is 2.31. The molecule has 130 valence electrons. The molecule has 0 radical (unpaired) electrons. The molecule has 3 rings (SSSR count). The number of benzene rings is 1. The molecule has 0 saturated carbocycles. The highest BCUT2D eigenvalue weighted by Crippen LogP contribution is 2.24. The van der Waals surface area contributed by atoms with Gasteiger partial charge in [0.1, 0.15) is 5.82 Å². The van der Waals surface area contributed by atoms with Crippen LogP contribution in [0.15, 0.2) is 41.6 Å². The molecule has 0 N–H and O–H groups in total. The Morgan fingerprint density at radius 3 is 2.79 bits per heavy atom. The van der Waals surface area contributed by atoms with Crippen molar-refractivity contribution in [2.75, 3.05) is 27.2 Å². The average molecular weight is 348 g/mol. The Hall–Kier alpha value is -1.70. The monoisotopic (exact) mass is 348 g/mol. The van der Waals surface area contributed by atoms with Gasteiger partial charge >= 0.3 is 0 Å². The summed E-state index contributed by atoms with van der Waals surface area (Å²) in [6, 6.07) is 7.09. The molecule has 1 aliphatic rings. The van der Waals surface area contributed by atoms with Crippen molar-refractivity contribution < 1.29 is 8.42 Å². The van der Waals surface area contributed by atoms with Gasteiger partial charge in [-0.25, -0.2) is 13.4 Å². The smallest absolute Gasteiger partial charge is 0.243 e. The van der Waals surface area contributed by atoms with Gasteiger partial charge in [0, 0.05) is 37.9 Å². The van der Waals surface area contributed by atoms with Crippen LogP contribution in [0.3, 0.4) is 0 Å². The quantitative estimate of drug-likeness (QED) is 0.842. The number of nitrogens with zero attached hydrogens (tertiary/aromatic N) is 4. The number of aryl methyl sites for hydroxylation is 1. The predicted molar refractivity (Wildman–Crippen MR) is 93.0 cm³/mol. The number of imidazole rings is 1. The first-order chi connectivity index (χ1) is 11.4. The molecule has 2 aromatic rings. The summed E-state index contributed by atoms with van der Waals surface area (Å²) in [4.78, 5) is 6.80. The van der Waals surface area contributed by atoms with E-state index in [0.717, 1.165) is 24.5 Å². The molecule has 0 amide bonds. The number of fused-ring (bicyclic) bond motifs is 1. The fourth-order valence-electron chi connectivity index (χ4n) is 3.24. The molecule has 1 aliphatic heterocycles. The third kappa shape index (κ3) is 3.53. The maximum Gasteiger partial charge on any atom is 0.243 e. The molecular formula is C17H24N4O2S. The first-order valence-corrected chi connectivity index (χ1v) is 9.52. The van der Waals surface area contributed by atoms with Crippen LogP contribution in [0, 0.1) is 12.8 Å². The lowest BCUT2D eigenvalue weighted by Gasteiger charge is -2.25. The van der Waals surface area contributed by atoms with Crippen LogP contribution in [0.25, 0.3) is 0 Å². The lowest BCUT2D eigenvalue weighted by molar-refractivity contribution is 0.264. The first kappa shape index (κ1) is 17.1. The number of rotatable bonds is 4. The van der Waals surface area contributed by atoms with Gasteiger partial charge in [0.05, 0.1) is 11.4 Å². The Morgan fingerprint density at radius 1 is 1.29 bits per heavy atom. The molecule has 24 heavy (non-hydrogen) atoms. The van der Waals surface area contributed by atoms with E-state index in [2.05, 4.69) is 14.5 Å². The van der Waals surface area contributed by atoms with Gasteiger partial charge in [0.25, 0.3) is 0 Å². The van der Waals surface area contributed by atoms with Crippen molar-refractivity contribution in [2.45, 2.75) is 24.9 Å². The first-order valence-electron chi connectivity index (χ1n) is 8.08. The van der Waals surface area contributed by atoms with Crippen molar-refractivity contribution in [1.82, 2.24) is 18.8 Å². The van der Waals surface area contributed by atoms with E-state index in [4.69, 9.17) is 0 Å². The predicted octanol–water partition coefficient (Wildman–Crippen LogP) is 1.57. The van der Waals surface area contributed by atoms with Crippen LogP contribution in [0.1, 0.15) is 11.4 Å². The highest BCUT2D eigenvalue weighted by molar-refractivity contribution is 7.89. The van der Waals surface area contributed by atoms with E-state index in [1.54, 1.807) is 28.7 Å². The van der Waals surface area contributed by atoms with E-state index in [0.29, 0.717) is 18.0 Å². The third-order valence-corrected chi connectivity index (χ3v) is 6.09. The van der Waals surface area contributed by atoms with Gasteiger partial charge in [-0.1, -0.05) is 12.1 Å². The normalized spacial score (nSPS) is 19.2. The van der Waals surface area contributed by atoms with Gasteiger partial charge in [-0.15, -0.1) is 0 Å². The standard InChI is InChI=1S/C17H24N4O2S/c1-14-5-4-6-16(9-14)24(22,23)21-12-15(10-19(2)3)11-20-8-7-18-17(20)13-21/h4-9,15H,10-13H2,1-3H3/t15-/m0/s1. The van der Waals surface area contributed by atoms with E-state index in [-0.39, 0.29) is 5.92 Å². The van der Waals surface area contributed by atoms with Crippen LogP contribution in [0.5, 0.6) is 0 Å². The SMILES string of the molecule is Cc1cccc(S(=O)(=O)N2Cc3nccn3C[C@H](CN(C)C)C2)c1. The molecule has 2 heterocycles. The summed E-state index contributed by atoms with van der Waals surface area (Å²) in [5, 5.41) is 0. The zero-order valence-electron chi connectivity index (χ0n) is 14.4. The molecule has 1 aromatic heterocycles. The summed E-state index contributed by atoms with van der Waals surface area (Å²) in [6.07, 6.45) is 3.67. The molecule has 0 aliphatic carbocycles. The van der Waals surface area contributed by atoms with Crippen molar-refractivity contribution in [2.24, 2.45) is 5.92 Å². The van der Waals surface area contributed by atoms with Crippen molar-refractivity contribution in [3.63, 3.8) is 0 Å². The molecular weight excluding hydrogens is 324 g/mol. The molecule has 0 bridgehead atoms. The summed E-state index contributed by atoms with van der Waals surface area (Å²) in [7, 11) is 0.490. The fraction of sp³-hybridized carbons (Fsp3) is 0.471. The second-order valence-electron chi connectivity index (χ2n) is 6.74. The van der Waals surface area contributed by atoms with Crippen LogP contribution in [0.4, 0.5) is 0 Å². The second-order valence-corrected chi connectivity index (χ2v) is 8.68. The summed E-state index contributed by atoms with van der Waals surface area (Å²) in [6.45, 7) is 4.33. The van der Waals surface area contributed by atoms with Gasteiger partial charge in [-0.05, 0) is 38.7 Å². The topological polar surface area (TPSA) is 58.4 Å². The zero-order valence-corrected chi connectivity index (χ0v) is 15.2. The van der Waals surface area contributed by atoms with Crippen LogP contribution in [-0.2, 0) is 23.1 Å². The Kier molecular flexibility index (Phi) is 4.76. The molecule has 0 unspecified atom stereocenters. The van der Waals surface area contributed by atoms with Gasteiger partial charge in [-0.2, -0.15) is 4.31 Å². The molecule has 7 heteroatoms. The van der Waals surface area contributed by atoms with E-state index < -0.39 is 10.0 Å². The highest BCUT2D eigenvalue weighted by atomic mass is 32.2.